The SMILES string of the molecule is C=C1C=C[C@H]2[C@@H]3Cc4ccc(OC)cc4[C@]2(CCN3C)C1. The molecule has 1 aromatic carbocycles. The Morgan fingerprint density at radius 2 is 2.24 bits per heavy atom. The van der Waals surface area contributed by atoms with Crippen LogP contribution in [-0.2, 0) is 11.8 Å². The van der Waals surface area contributed by atoms with Crippen LogP contribution in [0.25, 0.3) is 0 Å². The molecule has 0 unspecified atom stereocenters. The standard InChI is InChI=1S/C19H23NO/c1-13-4-7-16-18-10-14-5-6-15(21-3)11-17(14)19(16,12-13)8-9-20(18)2/h4-7,11,16,18H,1,8-10,12H2,2-3H3/t16-,18-,19+/m0/s1. The van der Waals surface area contributed by atoms with Crippen LogP contribution in [0.3, 0.4) is 0 Å². The van der Waals surface area contributed by atoms with Gasteiger partial charge in [0, 0.05) is 17.4 Å². The van der Waals surface area contributed by atoms with Crippen LogP contribution in [0.5, 0.6) is 5.75 Å². The van der Waals surface area contributed by atoms with Crippen LogP contribution in [0.4, 0.5) is 0 Å². The number of hydrogen-bond donors (Lipinski definition) is 0. The third-order valence-corrected chi connectivity index (χ3v) is 5.89. The number of likely N-dealkylation sites (tertiary alicyclic amines) is 1. The van der Waals surface area contributed by atoms with Gasteiger partial charge in [0.25, 0.3) is 0 Å². The van der Waals surface area contributed by atoms with Crippen LogP contribution in [0.2, 0.25) is 0 Å². The molecule has 3 aliphatic rings. The first-order valence-corrected chi connectivity index (χ1v) is 7.88. The van der Waals surface area contributed by atoms with Crippen LogP contribution < -0.4 is 4.74 Å². The summed E-state index contributed by atoms with van der Waals surface area (Å²) in [7, 11) is 4.04. The van der Waals surface area contributed by atoms with Gasteiger partial charge in [-0.15, -0.1) is 0 Å². The number of likely N-dealkylation sites (N-methyl/N-ethyl adjacent to an activating group) is 1. The van der Waals surface area contributed by atoms with Gasteiger partial charge in [-0.2, -0.15) is 0 Å². The topological polar surface area (TPSA) is 12.5 Å². The molecule has 2 nitrogen and oxygen atoms in total. The Balaban J connectivity index is 1.93. The van der Waals surface area contributed by atoms with Gasteiger partial charge in [-0.1, -0.05) is 30.4 Å². The van der Waals surface area contributed by atoms with Crippen molar-refractivity contribution in [2.24, 2.45) is 5.92 Å². The lowest BCUT2D eigenvalue weighted by Crippen LogP contribution is -2.59. The number of methoxy groups -OCH3 is 1. The lowest BCUT2D eigenvalue weighted by Gasteiger charge is -2.57. The Morgan fingerprint density at radius 1 is 1.38 bits per heavy atom. The van der Waals surface area contributed by atoms with E-state index in [-0.39, 0.29) is 5.41 Å². The summed E-state index contributed by atoms with van der Waals surface area (Å²) in [6, 6.07) is 7.30. The zero-order chi connectivity index (χ0) is 14.6. The largest absolute Gasteiger partial charge is 0.497 e. The van der Waals surface area contributed by atoms with Gasteiger partial charge in [0.05, 0.1) is 7.11 Å². The Morgan fingerprint density at radius 3 is 3.05 bits per heavy atom. The summed E-state index contributed by atoms with van der Waals surface area (Å²) in [4.78, 5) is 2.55. The van der Waals surface area contributed by atoms with Gasteiger partial charge in [0.2, 0.25) is 0 Å². The second-order valence-electron chi connectivity index (χ2n) is 6.90. The van der Waals surface area contributed by atoms with E-state index in [1.807, 2.05) is 0 Å². The second kappa shape index (κ2) is 4.48. The molecule has 21 heavy (non-hydrogen) atoms. The molecule has 0 saturated carbocycles. The second-order valence-corrected chi connectivity index (χ2v) is 6.90. The molecule has 0 amide bonds. The molecular formula is C19H23NO. The number of fused-ring (bicyclic) bond motifs is 1. The van der Waals surface area contributed by atoms with Crippen molar-refractivity contribution in [2.45, 2.75) is 30.7 Å². The van der Waals surface area contributed by atoms with E-state index in [0.717, 1.165) is 18.6 Å². The number of piperidine rings is 1. The molecule has 0 N–H and O–H groups in total. The minimum Gasteiger partial charge on any atom is -0.497 e. The summed E-state index contributed by atoms with van der Waals surface area (Å²) in [6.45, 7) is 5.43. The summed E-state index contributed by atoms with van der Waals surface area (Å²) < 4.78 is 5.49. The van der Waals surface area contributed by atoms with Gasteiger partial charge >= 0.3 is 0 Å². The third-order valence-electron chi connectivity index (χ3n) is 5.89. The van der Waals surface area contributed by atoms with E-state index in [9.17, 15) is 0 Å². The highest BCUT2D eigenvalue weighted by atomic mass is 16.5. The number of rotatable bonds is 1. The van der Waals surface area contributed by atoms with E-state index >= 15 is 0 Å². The summed E-state index contributed by atoms with van der Waals surface area (Å²) in [5, 5.41) is 0. The zero-order valence-corrected chi connectivity index (χ0v) is 12.9. The summed E-state index contributed by atoms with van der Waals surface area (Å²) in [5.74, 6) is 1.60. The number of nitrogens with zero attached hydrogens (tertiary/aromatic N) is 1. The summed E-state index contributed by atoms with van der Waals surface area (Å²) in [6.07, 6.45) is 8.14. The fourth-order valence-corrected chi connectivity index (χ4v) is 4.81. The van der Waals surface area contributed by atoms with Crippen molar-refractivity contribution >= 4 is 0 Å². The van der Waals surface area contributed by atoms with Gasteiger partial charge in [-0.25, -0.2) is 0 Å². The molecule has 0 radical (unpaired) electrons. The molecular weight excluding hydrogens is 258 g/mol. The van der Waals surface area contributed by atoms with E-state index in [2.05, 4.69) is 48.9 Å². The first kappa shape index (κ1) is 13.1. The Labute approximate surface area is 127 Å². The van der Waals surface area contributed by atoms with Crippen molar-refractivity contribution in [3.05, 3.63) is 53.6 Å². The molecule has 110 valence electrons. The van der Waals surface area contributed by atoms with Crippen molar-refractivity contribution in [3.63, 3.8) is 0 Å². The average molecular weight is 281 g/mol. The van der Waals surface area contributed by atoms with Crippen molar-refractivity contribution in [1.82, 2.24) is 4.90 Å². The Kier molecular flexibility index (Phi) is 2.80. The number of benzene rings is 1. The fourth-order valence-electron chi connectivity index (χ4n) is 4.81. The first-order valence-electron chi connectivity index (χ1n) is 7.88. The van der Waals surface area contributed by atoms with Gasteiger partial charge in [0.15, 0.2) is 0 Å². The van der Waals surface area contributed by atoms with Gasteiger partial charge in [-0.3, -0.25) is 0 Å². The minimum atomic E-state index is 0.241. The summed E-state index contributed by atoms with van der Waals surface area (Å²) in [5.41, 5.74) is 4.53. The van der Waals surface area contributed by atoms with Gasteiger partial charge in [-0.05, 0) is 56.1 Å². The number of allylic oxidation sites excluding steroid dienone is 2. The molecule has 1 aliphatic heterocycles. The molecule has 1 aromatic rings. The van der Waals surface area contributed by atoms with Crippen molar-refractivity contribution in [1.29, 1.82) is 0 Å². The number of hydrogen-bond acceptors (Lipinski definition) is 2. The van der Waals surface area contributed by atoms with Crippen LogP contribution in [0.15, 0.2) is 42.5 Å². The maximum Gasteiger partial charge on any atom is 0.119 e. The van der Waals surface area contributed by atoms with Crippen LogP contribution in [-0.4, -0.2) is 31.6 Å². The van der Waals surface area contributed by atoms with Crippen molar-refractivity contribution < 1.29 is 4.74 Å². The van der Waals surface area contributed by atoms with Crippen molar-refractivity contribution in [2.75, 3.05) is 20.7 Å². The average Bonchev–Trinajstić information content (AvgIpc) is 2.50. The Hall–Kier alpha value is -1.54. The van der Waals surface area contributed by atoms with E-state index in [4.69, 9.17) is 4.74 Å². The quantitative estimate of drug-likeness (QED) is 0.783. The van der Waals surface area contributed by atoms with Crippen LogP contribution >= 0.6 is 0 Å². The van der Waals surface area contributed by atoms with E-state index < -0.39 is 0 Å². The van der Waals surface area contributed by atoms with Crippen molar-refractivity contribution in [3.8, 4) is 5.75 Å². The van der Waals surface area contributed by atoms with Crippen LogP contribution in [0.1, 0.15) is 24.0 Å². The predicted octanol–water partition coefficient (Wildman–Crippen LogP) is 3.33. The highest BCUT2D eigenvalue weighted by Crippen LogP contribution is 2.54. The molecule has 4 rings (SSSR count). The smallest absolute Gasteiger partial charge is 0.119 e. The molecule has 2 bridgehead atoms. The molecule has 1 fully saturated rings. The zero-order valence-electron chi connectivity index (χ0n) is 12.9. The van der Waals surface area contributed by atoms with Gasteiger partial charge < -0.3 is 9.64 Å². The van der Waals surface area contributed by atoms with E-state index in [1.54, 1.807) is 7.11 Å². The van der Waals surface area contributed by atoms with E-state index in [1.165, 1.54) is 29.7 Å². The maximum absolute atomic E-state index is 5.49. The molecule has 1 heterocycles. The lowest BCUT2D eigenvalue weighted by molar-refractivity contribution is 0.0541. The highest BCUT2D eigenvalue weighted by Gasteiger charge is 2.52. The van der Waals surface area contributed by atoms with Gasteiger partial charge in [0.1, 0.15) is 5.75 Å². The number of ether oxygens (including phenoxy) is 1. The predicted molar refractivity (Wildman–Crippen MR) is 85.8 cm³/mol. The Bertz CT molecular complexity index is 632. The monoisotopic (exact) mass is 281 g/mol. The van der Waals surface area contributed by atoms with E-state index in [0.29, 0.717) is 12.0 Å². The lowest BCUT2D eigenvalue weighted by atomic mass is 9.53. The summed E-state index contributed by atoms with van der Waals surface area (Å²) >= 11 is 0. The highest BCUT2D eigenvalue weighted by molar-refractivity contribution is 5.49. The molecule has 2 heteroatoms. The normalized spacial score (nSPS) is 34.3. The fraction of sp³-hybridized carbons (Fsp3) is 0.474. The molecule has 3 atom stereocenters. The maximum atomic E-state index is 5.49. The molecule has 1 saturated heterocycles. The first-order chi connectivity index (χ1) is 10.1. The van der Waals surface area contributed by atoms with Crippen LogP contribution in [0, 0.1) is 5.92 Å². The molecule has 0 spiro atoms. The molecule has 0 aromatic heterocycles. The third kappa shape index (κ3) is 1.75. The minimum absolute atomic E-state index is 0.241. The molecule has 2 aliphatic carbocycles.